The first kappa shape index (κ1) is 19.8. The number of ether oxygens (including phenoxy) is 1. The molecule has 1 N–H and O–H groups in total. The summed E-state index contributed by atoms with van der Waals surface area (Å²) in [5, 5.41) is 9.11. The zero-order valence-corrected chi connectivity index (χ0v) is 16.9. The molecule has 1 aliphatic heterocycles. The summed E-state index contributed by atoms with van der Waals surface area (Å²) in [6.07, 6.45) is 0.945. The van der Waals surface area contributed by atoms with Crippen LogP contribution in [0.25, 0.3) is 0 Å². The molecule has 1 atom stereocenters. The lowest BCUT2D eigenvalue weighted by Crippen LogP contribution is -2.23. The van der Waals surface area contributed by atoms with Crippen molar-refractivity contribution < 1.29 is 14.2 Å². The monoisotopic (exact) mass is 409 g/mol. The summed E-state index contributed by atoms with van der Waals surface area (Å²) in [6.45, 7) is 2.01. The Hall–Kier alpha value is -2.50. The molecule has 0 spiro atoms. The van der Waals surface area contributed by atoms with Gasteiger partial charge in [0.05, 0.1) is 12.3 Å². The Kier molecular flexibility index (Phi) is 6.37. The van der Waals surface area contributed by atoms with Crippen LogP contribution < -0.4 is 9.64 Å². The number of benzene rings is 3. The summed E-state index contributed by atoms with van der Waals surface area (Å²) >= 11 is 1.81. The first-order chi connectivity index (χ1) is 14.2. The Morgan fingerprint density at radius 3 is 2.66 bits per heavy atom. The van der Waals surface area contributed by atoms with Gasteiger partial charge in [-0.2, -0.15) is 0 Å². The van der Waals surface area contributed by atoms with Crippen molar-refractivity contribution in [3.8, 4) is 5.75 Å². The van der Waals surface area contributed by atoms with E-state index in [1.807, 2.05) is 30.0 Å². The SMILES string of the molecule is OCCOc1ccc(CN2CCC(c3cccc(F)c3)Sc3ccccc32)cc1. The highest BCUT2D eigenvalue weighted by Crippen LogP contribution is 2.45. The second kappa shape index (κ2) is 9.33. The second-order valence-corrected chi connectivity index (χ2v) is 8.30. The van der Waals surface area contributed by atoms with Crippen molar-refractivity contribution in [2.75, 3.05) is 24.7 Å². The van der Waals surface area contributed by atoms with E-state index >= 15 is 0 Å². The number of thioether (sulfide) groups is 1. The molecule has 1 unspecified atom stereocenters. The van der Waals surface area contributed by atoms with Crippen LogP contribution in [0.2, 0.25) is 0 Å². The molecule has 0 aromatic heterocycles. The highest BCUT2D eigenvalue weighted by Gasteiger charge is 2.23. The lowest BCUT2D eigenvalue weighted by molar-refractivity contribution is 0.201. The molecule has 4 rings (SSSR count). The third kappa shape index (κ3) is 4.92. The number of halogens is 1. The van der Waals surface area contributed by atoms with Gasteiger partial charge in [0.2, 0.25) is 0 Å². The largest absolute Gasteiger partial charge is 0.491 e. The average molecular weight is 410 g/mol. The molecule has 0 radical (unpaired) electrons. The van der Waals surface area contributed by atoms with E-state index in [9.17, 15) is 4.39 Å². The molecule has 3 nitrogen and oxygen atoms in total. The van der Waals surface area contributed by atoms with Gasteiger partial charge in [-0.15, -0.1) is 11.8 Å². The smallest absolute Gasteiger partial charge is 0.123 e. The average Bonchev–Trinajstić information content (AvgIpc) is 2.93. The summed E-state index contributed by atoms with van der Waals surface area (Å²) < 4.78 is 19.2. The maximum atomic E-state index is 13.8. The van der Waals surface area contributed by atoms with Crippen molar-refractivity contribution in [1.82, 2.24) is 0 Å². The summed E-state index contributed by atoms with van der Waals surface area (Å²) in [7, 11) is 0. The first-order valence-electron chi connectivity index (χ1n) is 9.81. The molecular formula is C24H24FNO2S. The summed E-state index contributed by atoms with van der Waals surface area (Å²) in [5.41, 5.74) is 3.46. The molecule has 0 saturated heterocycles. The molecule has 0 aliphatic carbocycles. The van der Waals surface area contributed by atoms with Crippen molar-refractivity contribution in [3.63, 3.8) is 0 Å². The second-order valence-electron chi connectivity index (χ2n) is 7.06. The Morgan fingerprint density at radius 2 is 1.86 bits per heavy atom. The van der Waals surface area contributed by atoms with Gasteiger partial charge in [0.25, 0.3) is 0 Å². The standard InChI is InChI=1S/C24H24FNO2S/c25-20-5-3-4-19(16-20)23-12-13-26(22-6-1-2-7-24(22)29-23)17-18-8-10-21(11-9-18)28-15-14-27/h1-11,16,23,27H,12-15,17H2. The summed E-state index contributed by atoms with van der Waals surface area (Å²) in [4.78, 5) is 3.62. The normalized spacial score (nSPS) is 16.2. The maximum Gasteiger partial charge on any atom is 0.123 e. The molecule has 3 aromatic rings. The fraction of sp³-hybridized carbons (Fsp3) is 0.250. The Labute approximate surface area is 175 Å². The number of nitrogens with zero attached hydrogens (tertiary/aromatic N) is 1. The van der Waals surface area contributed by atoms with E-state index in [1.165, 1.54) is 22.2 Å². The summed E-state index contributed by atoms with van der Waals surface area (Å²) in [5.74, 6) is 0.585. The number of fused-ring (bicyclic) bond motifs is 1. The van der Waals surface area contributed by atoms with Crippen LogP contribution in [0.15, 0.2) is 77.7 Å². The van der Waals surface area contributed by atoms with Crippen LogP contribution in [-0.2, 0) is 6.54 Å². The molecule has 150 valence electrons. The number of rotatable bonds is 6. The van der Waals surface area contributed by atoms with Crippen molar-refractivity contribution in [2.45, 2.75) is 23.1 Å². The van der Waals surface area contributed by atoms with Gasteiger partial charge in [-0.1, -0.05) is 36.4 Å². The number of hydrogen-bond donors (Lipinski definition) is 1. The first-order valence-corrected chi connectivity index (χ1v) is 10.7. The van der Waals surface area contributed by atoms with Gasteiger partial charge in [-0.25, -0.2) is 4.39 Å². The van der Waals surface area contributed by atoms with Crippen LogP contribution in [0, 0.1) is 5.82 Å². The van der Waals surface area contributed by atoms with E-state index in [4.69, 9.17) is 9.84 Å². The fourth-order valence-electron chi connectivity index (χ4n) is 3.60. The van der Waals surface area contributed by atoms with Crippen LogP contribution in [0.5, 0.6) is 5.75 Å². The zero-order chi connectivity index (χ0) is 20.1. The molecule has 1 aliphatic rings. The maximum absolute atomic E-state index is 13.8. The van der Waals surface area contributed by atoms with Gasteiger partial charge in [0.1, 0.15) is 18.2 Å². The van der Waals surface area contributed by atoms with Gasteiger partial charge in [0.15, 0.2) is 0 Å². The number of anilines is 1. The highest BCUT2D eigenvalue weighted by molar-refractivity contribution is 7.99. The molecular weight excluding hydrogens is 385 g/mol. The van der Waals surface area contributed by atoms with Gasteiger partial charge in [-0.05, 0) is 53.9 Å². The van der Waals surface area contributed by atoms with Crippen LogP contribution in [0.4, 0.5) is 10.1 Å². The van der Waals surface area contributed by atoms with Crippen molar-refractivity contribution in [2.24, 2.45) is 0 Å². The van der Waals surface area contributed by atoms with Crippen LogP contribution in [-0.4, -0.2) is 24.9 Å². The Bertz CT molecular complexity index is 948. The quantitative estimate of drug-likeness (QED) is 0.588. The lowest BCUT2D eigenvalue weighted by Gasteiger charge is -2.25. The predicted molar refractivity (Wildman–Crippen MR) is 116 cm³/mol. The molecule has 1 heterocycles. The lowest BCUT2D eigenvalue weighted by atomic mass is 10.1. The molecule has 0 bridgehead atoms. The number of para-hydroxylation sites is 1. The molecule has 0 fully saturated rings. The van der Waals surface area contributed by atoms with Crippen molar-refractivity contribution in [1.29, 1.82) is 0 Å². The van der Waals surface area contributed by atoms with E-state index in [0.29, 0.717) is 6.61 Å². The number of aliphatic hydroxyl groups is 1. The van der Waals surface area contributed by atoms with Crippen molar-refractivity contribution in [3.05, 3.63) is 89.7 Å². The third-order valence-electron chi connectivity index (χ3n) is 5.01. The van der Waals surface area contributed by atoms with Gasteiger partial charge >= 0.3 is 0 Å². The fourth-order valence-corrected chi connectivity index (χ4v) is 4.89. The predicted octanol–water partition coefficient (Wildman–Crippen LogP) is 5.44. The van der Waals surface area contributed by atoms with E-state index in [-0.39, 0.29) is 17.7 Å². The minimum Gasteiger partial charge on any atom is -0.491 e. The number of aliphatic hydroxyl groups excluding tert-OH is 1. The molecule has 29 heavy (non-hydrogen) atoms. The van der Waals surface area contributed by atoms with E-state index in [1.54, 1.807) is 12.1 Å². The van der Waals surface area contributed by atoms with E-state index in [2.05, 4.69) is 41.3 Å². The minimum absolute atomic E-state index is 0.0104. The Morgan fingerprint density at radius 1 is 1.03 bits per heavy atom. The summed E-state index contributed by atoms with van der Waals surface area (Å²) in [6, 6.07) is 23.4. The third-order valence-corrected chi connectivity index (χ3v) is 6.41. The topological polar surface area (TPSA) is 32.7 Å². The molecule has 3 aromatic carbocycles. The molecule has 0 amide bonds. The van der Waals surface area contributed by atoms with Gasteiger partial charge < -0.3 is 14.7 Å². The zero-order valence-electron chi connectivity index (χ0n) is 16.1. The van der Waals surface area contributed by atoms with E-state index < -0.39 is 0 Å². The highest BCUT2D eigenvalue weighted by atomic mass is 32.2. The van der Waals surface area contributed by atoms with Crippen LogP contribution >= 0.6 is 11.8 Å². The van der Waals surface area contributed by atoms with Gasteiger partial charge in [-0.3, -0.25) is 0 Å². The Balaban J connectivity index is 1.54. The molecule has 5 heteroatoms. The van der Waals surface area contributed by atoms with Crippen LogP contribution in [0.3, 0.4) is 0 Å². The van der Waals surface area contributed by atoms with Crippen LogP contribution in [0.1, 0.15) is 22.8 Å². The number of hydrogen-bond acceptors (Lipinski definition) is 4. The molecule has 0 saturated carbocycles. The van der Waals surface area contributed by atoms with Gasteiger partial charge in [0, 0.05) is 23.2 Å². The van der Waals surface area contributed by atoms with Crippen molar-refractivity contribution >= 4 is 17.4 Å². The minimum atomic E-state index is -0.180. The van der Waals surface area contributed by atoms with E-state index in [0.717, 1.165) is 30.8 Å².